The summed E-state index contributed by atoms with van der Waals surface area (Å²) in [6.45, 7) is 13.8. The van der Waals surface area contributed by atoms with Crippen LogP contribution in [-0.4, -0.2) is 35.8 Å². The molecule has 3 aromatic carbocycles. The third-order valence-electron chi connectivity index (χ3n) is 6.17. The van der Waals surface area contributed by atoms with Gasteiger partial charge < -0.3 is 10.4 Å². The molecule has 238 valence electrons. The van der Waals surface area contributed by atoms with Crippen LogP contribution < -0.4 is 10.2 Å². The number of aliphatic carboxylic acids is 1. The molecule has 3 rings (SSSR count). The molecule has 0 saturated carbocycles. The third-order valence-corrected chi connectivity index (χ3v) is 6.58. The van der Waals surface area contributed by atoms with Crippen molar-refractivity contribution in [3.05, 3.63) is 123 Å². The van der Waals surface area contributed by atoms with Crippen molar-refractivity contribution >= 4 is 42.0 Å². The zero-order valence-corrected chi connectivity index (χ0v) is 27.6. The second-order valence-corrected chi connectivity index (χ2v) is 9.61. The SMILES string of the molecule is C/C=C\C=C/C.CC.Cc1cc(C#N)ccc1C(=O)N(C=O)c1ccc(CC(NC=O)C(=O)O)cc1.Cc1cccc(Cl)c1C. The summed E-state index contributed by atoms with van der Waals surface area (Å²) in [5.74, 6) is -1.71. The molecule has 0 aromatic heterocycles. The van der Waals surface area contributed by atoms with Crippen molar-refractivity contribution < 1.29 is 24.3 Å². The lowest BCUT2D eigenvalue weighted by atomic mass is 10.0. The number of allylic oxidation sites excluding steroid dienone is 4. The summed E-state index contributed by atoms with van der Waals surface area (Å²) in [5.41, 5.74) is 4.61. The maximum atomic E-state index is 12.7. The molecule has 0 aliphatic heterocycles. The van der Waals surface area contributed by atoms with Crippen LogP contribution in [0.3, 0.4) is 0 Å². The van der Waals surface area contributed by atoms with Crippen molar-refractivity contribution in [1.29, 1.82) is 5.26 Å². The Labute approximate surface area is 271 Å². The fourth-order valence-corrected chi connectivity index (χ4v) is 3.82. The summed E-state index contributed by atoms with van der Waals surface area (Å²) in [7, 11) is 0. The van der Waals surface area contributed by atoms with E-state index in [-0.39, 0.29) is 12.0 Å². The Bertz CT molecular complexity index is 1460. The number of carboxylic acids is 1. The standard InChI is InChI=1S/C20H17N3O5.C8H9Cl.C6H10.C2H6/c1-13-8-15(10-21)4-7-17(13)19(26)23(12-25)16-5-2-14(3-6-16)9-18(20(27)28)22-11-24;1-6-4-3-5-8(9)7(6)2;1-3-5-6-4-2;1-2/h2-8,11-12,18H,9H2,1H3,(H,22,24)(H,27,28);3-5H,1-2H3;3-6H,1-2H3;1-2H3/b;;5-3-,6-4-;. The number of nitriles is 1. The first-order valence-electron chi connectivity index (χ1n) is 14.3. The summed E-state index contributed by atoms with van der Waals surface area (Å²) in [5, 5.41) is 21.1. The number of rotatable bonds is 9. The summed E-state index contributed by atoms with van der Waals surface area (Å²) >= 11 is 5.81. The van der Waals surface area contributed by atoms with Crippen molar-refractivity contribution in [3.63, 3.8) is 0 Å². The highest BCUT2D eigenvalue weighted by atomic mass is 35.5. The summed E-state index contributed by atoms with van der Waals surface area (Å²) < 4.78 is 0. The predicted octanol–water partition coefficient (Wildman–Crippen LogP) is 7.53. The quantitative estimate of drug-likeness (QED) is 0.186. The molecule has 3 aromatic rings. The Kier molecular flexibility index (Phi) is 20.0. The van der Waals surface area contributed by atoms with Crippen LogP contribution in [0.25, 0.3) is 0 Å². The Hall–Kier alpha value is -5.00. The highest BCUT2D eigenvalue weighted by Crippen LogP contribution is 2.20. The van der Waals surface area contributed by atoms with Gasteiger partial charge in [-0.2, -0.15) is 5.26 Å². The largest absolute Gasteiger partial charge is 0.480 e. The molecule has 2 N–H and O–H groups in total. The van der Waals surface area contributed by atoms with E-state index >= 15 is 0 Å². The normalized spacial score (nSPS) is 10.5. The number of carbonyl (C=O) groups excluding carboxylic acids is 3. The predicted molar refractivity (Wildman–Crippen MR) is 181 cm³/mol. The molecular weight excluding hydrogens is 590 g/mol. The van der Waals surface area contributed by atoms with E-state index in [1.54, 1.807) is 25.1 Å². The summed E-state index contributed by atoms with van der Waals surface area (Å²) in [6, 6.07) is 17.6. The minimum absolute atomic E-state index is 0.0537. The molecule has 45 heavy (non-hydrogen) atoms. The molecule has 0 saturated heterocycles. The first-order valence-corrected chi connectivity index (χ1v) is 14.7. The van der Waals surface area contributed by atoms with E-state index in [0.29, 0.717) is 35.2 Å². The van der Waals surface area contributed by atoms with Crippen LogP contribution in [0.15, 0.2) is 85.0 Å². The van der Waals surface area contributed by atoms with Crippen LogP contribution in [0.2, 0.25) is 5.02 Å². The number of amides is 3. The number of carboxylic acid groups (broad SMARTS) is 1. The Morgan fingerprint density at radius 1 is 0.956 bits per heavy atom. The minimum Gasteiger partial charge on any atom is -0.480 e. The second-order valence-electron chi connectivity index (χ2n) is 9.20. The number of hydrogen-bond donors (Lipinski definition) is 2. The average molecular weight is 632 g/mol. The topological polar surface area (TPSA) is 128 Å². The van der Waals surface area contributed by atoms with E-state index < -0.39 is 17.9 Å². The number of carbonyl (C=O) groups is 4. The van der Waals surface area contributed by atoms with Crippen molar-refractivity contribution in [2.24, 2.45) is 0 Å². The molecule has 1 atom stereocenters. The highest BCUT2D eigenvalue weighted by Gasteiger charge is 2.20. The Morgan fingerprint density at radius 3 is 1.98 bits per heavy atom. The molecule has 0 spiro atoms. The molecule has 0 heterocycles. The molecule has 8 nitrogen and oxygen atoms in total. The number of hydrogen-bond acceptors (Lipinski definition) is 5. The van der Waals surface area contributed by atoms with Gasteiger partial charge in [0.25, 0.3) is 5.91 Å². The van der Waals surface area contributed by atoms with Crippen LogP contribution in [0, 0.1) is 32.1 Å². The van der Waals surface area contributed by atoms with E-state index in [1.807, 2.05) is 77.1 Å². The van der Waals surface area contributed by atoms with E-state index in [9.17, 15) is 19.2 Å². The summed E-state index contributed by atoms with van der Waals surface area (Å²) in [4.78, 5) is 46.8. The number of halogens is 1. The lowest BCUT2D eigenvalue weighted by molar-refractivity contribution is -0.140. The van der Waals surface area contributed by atoms with Crippen LogP contribution >= 0.6 is 11.6 Å². The van der Waals surface area contributed by atoms with Gasteiger partial charge in [-0.15, -0.1) is 0 Å². The van der Waals surface area contributed by atoms with Crippen LogP contribution in [-0.2, 0) is 20.8 Å². The van der Waals surface area contributed by atoms with Gasteiger partial charge in [-0.25, -0.2) is 9.69 Å². The van der Waals surface area contributed by atoms with Crippen molar-refractivity contribution in [3.8, 4) is 6.07 Å². The van der Waals surface area contributed by atoms with Gasteiger partial charge in [-0.05, 0) is 93.3 Å². The lowest BCUT2D eigenvalue weighted by Crippen LogP contribution is -2.37. The smallest absolute Gasteiger partial charge is 0.326 e. The molecule has 0 fully saturated rings. The number of imide groups is 1. The maximum Gasteiger partial charge on any atom is 0.326 e. The van der Waals surface area contributed by atoms with Crippen molar-refractivity contribution in [2.75, 3.05) is 4.90 Å². The fourth-order valence-electron chi connectivity index (χ4n) is 3.59. The van der Waals surface area contributed by atoms with E-state index in [0.717, 1.165) is 9.92 Å². The Balaban J connectivity index is 0.000000927. The molecule has 3 amide bonds. The Morgan fingerprint density at radius 2 is 1.56 bits per heavy atom. The van der Waals surface area contributed by atoms with E-state index in [2.05, 4.69) is 18.3 Å². The van der Waals surface area contributed by atoms with E-state index in [1.165, 1.54) is 35.4 Å². The molecular formula is C36H42ClN3O5. The molecule has 0 radical (unpaired) electrons. The van der Waals surface area contributed by atoms with Crippen molar-refractivity contribution in [1.82, 2.24) is 5.32 Å². The van der Waals surface area contributed by atoms with Crippen LogP contribution in [0.1, 0.15) is 65.9 Å². The van der Waals surface area contributed by atoms with Gasteiger partial charge in [0.15, 0.2) is 0 Å². The molecule has 0 bridgehead atoms. The van der Waals surface area contributed by atoms with Gasteiger partial charge in [0.05, 0.1) is 17.3 Å². The van der Waals surface area contributed by atoms with Crippen LogP contribution in [0.5, 0.6) is 0 Å². The maximum absolute atomic E-state index is 12.7. The zero-order valence-electron chi connectivity index (χ0n) is 26.9. The van der Waals surface area contributed by atoms with Gasteiger partial charge in [0, 0.05) is 17.0 Å². The van der Waals surface area contributed by atoms with Gasteiger partial charge in [-0.1, -0.05) is 74.0 Å². The van der Waals surface area contributed by atoms with Gasteiger partial charge in [0.1, 0.15) is 6.04 Å². The number of anilines is 1. The monoisotopic (exact) mass is 631 g/mol. The third kappa shape index (κ3) is 13.9. The second kappa shape index (κ2) is 22.5. The average Bonchev–Trinajstić information content (AvgIpc) is 3.04. The first-order chi connectivity index (χ1) is 21.5. The highest BCUT2D eigenvalue weighted by molar-refractivity contribution is 6.31. The molecule has 1 unspecified atom stereocenters. The van der Waals surface area contributed by atoms with Crippen LogP contribution in [0.4, 0.5) is 5.69 Å². The number of nitrogens with one attached hydrogen (secondary N) is 1. The van der Waals surface area contributed by atoms with Gasteiger partial charge in [-0.3, -0.25) is 14.4 Å². The zero-order chi connectivity index (χ0) is 34.4. The van der Waals surface area contributed by atoms with Gasteiger partial charge in [0.2, 0.25) is 12.8 Å². The number of benzene rings is 3. The van der Waals surface area contributed by atoms with E-state index in [4.69, 9.17) is 22.0 Å². The summed E-state index contributed by atoms with van der Waals surface area (Å²) in [6.07, 6.45) is 8.76. The lowest BCUT2D eigenvalue weighted by Gasteiger charge is -2.18. The molecule has 0 aliphatic rings. The minimum atomic E-state index is -1.17. The first kappa shape index (κ1) is 40.0. The van der Waals surface area contributed by atoms with Crippen molar-refractivity contribution in [2.45, 2.75) is 60.9 Å². The molecule has 9 heteroatoms. The fraction of sp³-hybridized carbons (Fsp3) is 0.250. The number of aryl methyl sites for hydroxylation is 2. The number of nitrogens with zero attached hydrogens (tertiary/aromatic N) is 2. The van der Waals surface area contributed by atoms with Gasteiger partial charge >= 0.3 is 5.97 Å². The molecule has 0 aliphatic carbocycles.